The first-order chi connectivity index (χ1) is 24.8. The molecule has 3 saturated heterocycles. The van der Waals surface area contributed by atoms with E-state index in [1.165, 1.54) is 0 Å². The van der Waals surface area contributed by atoms with E-state index in [-0.39, 0.29) is 28.3 Å². The molecule has 5 heterocycles. The molecule has 5 aromatic rings. The molecule has 8 rings (SSSR count). The van der Waals surface area contributed by atoms with E-state index in [1.807, 2.05) is 58.7 Å². The number of H-pyrrole nitrogens is 2. The summed E-state index contributed by atoms with van der Waals surface area (Å²) in [6.07, 6.45) is 5.04. The number of nitrogens with zero attached hydrogens (tertiary/aromatic N) is 4. The third-order valence-electron chi connectivity index (χ3n) is 9.94. The van der Waals surface area contributed by atoms with Gasteiger partial charge in [-0.3, -0.25) is 9.80 Å². The van der Waals surface area contributed by atoms with Gasteiger partial charge in [0.25, 0.3) is 0 Å². The maximum absolute atomic E-state index is 12.9. The number of rotatable bonds is 5. The van der Waals surface area contributed by atoms with Gasteiger partial charge in [0.1, 0.15) is 33.0 Å². The Labute approximate surface area is 308 Å². The summed E-state index contributed by atoms with van der Waals surface area (Å²) in [5.74, 6) is 1.73. The number of ether oxygens (including phenoxy) is 2. The van der Waals surface area contributed by atoms with E-state index in [4.69, 9.17) is 19.4 Å². The first-order valence-corrected chi connectivity index (χ1v) is 19.1. The maximum atomic E-state index is 12.9. The van der Waals surface area contributed by atoms with Crippen molar-refractivity contribution in [1.29, 1.82) is 0 Å². The predicted octanol–water partition coefficient (Wildman–Crippen LogP) is 9.66. The highest BCUT2D eigenvalue weighted by Crippen LogP contribution is 2.66. The molecule has 0 radical (unpaired) electrons. The zero-order valence-electron chi connectivity index (χ0n) is 30.7. The number of nitrogens with one attached hydrogen (secondary N) is 2. The summed E-state index contributed by atoms with van der Waals surface area (Å²) in [4.78, 5) is 46.2. The highest BCUT2D eigenvalue weighted by Gasteiger charge is 2.64. The smallest absolute Gasteiger partial charge is 0.411 e. The van der Waals surface area contributed by atoms with Crippen LogP contribution in [0.3, 0.4) is 0 Å². The van der Waals surface area contributed by atoms with Crippen LogP contribution in [0.1, 0.15) is 84.9 Å². The summed E-state index contributed by atoms with van der Waals surface area (Å²) in [5, 5.41) is 0.0491. The molecular weight excluding hydrogens is 673 g/mol. The van der Waals surface area contributed by atoms with Crippen molar-refractivity contribution < 1.29 is 19.1 Å². The third-order valence-corrected chi connectivity index (χ3v) is 11.6. The second-order valence-corrected chi connectivity index (χ2v) is 17.5. The van der Waals surface area contributed by atoms with Gasteiger partial charge in [-0.05, 0) is 107 Å². The molecule has 0 spiro atoms. The molecule has 270 valence electrons. The molecule has 3 aromatic carbocycles. The SMILES string of the molecule is CC(C)(C)OC(=O)N1CCCC1c1nc2ccc(-c3ccc(-c4ccc(-c5cnc(C67CCCN(C(=O)OC(C)(C)C)C6S7)[nH]5)cc4)cc3)cc2[nH]1. The summed E-state index contributed by atoms with van der Waals surface area (Å²) in [6, 6.07) is 23.3. The number of benzene rings is 3. The Bertz CT molecular complexity index is 2130. The monoisotopic (exact) mass is 718 g/mol. The van der Waals surface area contributed by atoms with Crippen LogP contribution in [-0.4, -0.2) is 71.6 Å². The van der Waals surface area contributed by atoms with Gasteiger partial charge in [0, 0.05) is 13.1 Å². The second-order valence-electron chi connectivity index (χ2n) is 16.1. The number of hydrogen-bond acceptors (Lipinski definition) is 7. The summed E-state index contributed by atoms with van der Waals surface area (Å²) in [6.45, 7) is 12.8. The Balaban J connectivity index is 0.938. The lowest BCUT2D eigenvalue weighted by atomic mass is 9.97. The predicted molar refractivity (Wildman–Crippen MR) is 205 cm³/mol. The lowest BCUT2D eigenvalue weighted by Gasteiger charge is -2.31. The molecule has 52 heavy (non-hydrogen) atoms. The van der Waals surface area contributed by atoms with Gasteiger partial charge in [0.15, 0.2) is 0 Å². The Morgan fingerprint density at radius 3 is 2.00 bits per heavy atom. The molecule has 2 amide bonds. The topological polar surface area (TPSA) is 116 Å². The number of thioether (sulfide) groups is 1. The first kappa shape index (κ1) is 34.3. The molecule has 3 fully saturated rings. The van der Waals surface area contributed by atoms with Crippen LogP contribution in [0.5, 0.6) is 0 Å². The fourth-order valence-electron chi connectivity index (χ4n) is 7.43. The largest absolute Gasteiger partial charge is 0.444 e. The van der Waals surface area contributed by atoms with Gasteiger partial charge in [-0.2, -0.15) is 0 Å². The second kappa shape index (κ2) is 12.7. The quantitative estimate of drug-likeness (QED) is 0.174. The number of likely N-dealkylation sites (tertiary alicyclic amines) is 2. The van der Waals surface area contributed by atoms with Crippen LogP contribution in [0.4, 0.5) is 9.59 Å². The molecule has 2 N–H and O–H groups in total. The van der Waals surface area contributed by atoms with E-state index >= 15 is 0 Å². The van der Waals surface area contributed by atoms with Crippen molar-refractivity contribution in [2.75, 3.05) is 13.1 Å². The zero-order valence-corrected chi connectivity index (χ0v) is 31.5. The van der Waals surface area contributed by atoms with Crippen LogP contribution in [-0.2, 0) is 14.2 Å². The Kier molecular flexibility index (Phi) is 8.40. The van der Waals surface area contributed by atoms with Crippen LogP contribution in [0.2, 0.25) is 0 Å². The molecule has 3 atom stereocenters. The van der Waals surface area contributed by atoms with Gasteiger partial charge < -0.3 is 19.4 Å². The molecule has 11 heteroatoms. The van der Waals surface area contributed by atoms with E-state index in [0.29, 0.717) is 13.1 Å². The number of amides is 2. The van der Waals surface area contributed by atoms with E-state index < -0.39 is 11.2 Å². The minimum absolute atomic E-state index is 0.0491. The number of aromatic amines is 2. The van der Waals surface area contributed by atoms with Crippen molar-refractivity contribution in [3.8, 4) is 33.5 Å². The highest BCUT2D eigenvalue weighted by atomic mass is 32.2. The van der Waals surface area contributed by atoms with Crippen LogP contribution >= 0.6 is 11.8 Å². The van der Waals surface area contributed by atoms with Crippen molar-refractivity contribution in [3.63, 3.8) is 0 Å². The molecule has 3 aliphatic heterocycles. The number of hydrogen-bond donors (Lipinski definition) is 2. The van der Waals surface area contributed by atoms with Crippen LogP contribution in [0.25, 0.3) is 44.5 Å². The summed E-state index contributed by atoms with van der Waals surface area (Å²) in [7, 11) is 0. The number of carbonyl (C=O) groups is 2. The minimum Gasteiger partial charge on any atom is -0.444 e. The standard InChI is InChI=1S/C41H46N6O4S/c1-39(2,3)50-37(48)46-21-7-9-33(46)34-43-30-19-18-29(23-31(30)44-34)27-12-10-25(11-13-27)26-14-16-28(17-15-26)32-24-42-35(45-32)41-20-8-22-47(36(41)52-41)38(49)51-40(4,5)6/h10-19,23-24,33,36H,7-9,20-22H2,1-6H3,(H,42,45)(H,43,44). The minimum atomic E-state index is -0.540. The van der Waals surface area contributed by atoms with Gasteiger partial charge in [-0.25, -0.2) is 19.6 Å². The van der Waals surface area contributed by atoms with Crippen molar-refractivity contribution >= 4 is 35.0 Å². The maximum Gasteiger partial charge on any atom is 0.411 e. The normalized spacial score (nSPS) is 21.7. The number of piperidine rings is 1. The van der Waals surface area contributed by atoms with E-state index in [9.17, 15) is 9.59 Å². The summed E-state index contributed by atoms with van der Waals surface area (Å²) in [5.41, 5.74) is 7.28. The Morgan fingerprint density at radius 1 is 0.769 bits per heavy atom. The van der Waals surface area contributed by atoms with Gasteiger partial charge in [0.05, 0.1) is 29.0 Å². The van der Waals surface area contributed by atoms with Gasteiger partial charge in [0.2, 0.25) is 0 Å². The third kappa shape index (κ3) is 6.66. The van der Waals surface area contributed by atoms with Crippen molar-refractivity contribution in [3.05, 3.63) is 84.6 Å². The summed E-state index contributed by atoms with van der Waals surface area (Å²) < 4.78 is 11.2. The fraction of sp³-hybridized carbons (Fsp3) is 0.415. The lowest BCUT2D eigenvalue weighted by Crippen LogP contribution is -2.44. The van der Waals surface area contributed by atoms with Gasteiger partial charge in [-0.15, -0.1) is 11.8 Å². The Hall–Kier alpha value is -4.77. The molecule has 0 saturated carbocycles. The van der Waals surface area contributed by atoms with Crippen LogP contribution < -0.4 is 0 Å². The fourth-order valence-corrected chi connectivity index (χ4v) is 8.91. The molecule has 0 aliphatic carbocycles. The number of imidazole rings is 2. The van der Waals surface area contributed by atoms with Crippen molar-refractivity contribution in [2.45, 2.75) is 94.6 Å². The van der Waals surface area contributed by atoms with E-state index in [0.717, 1.165) is 81.9 Å². The van der Waals surface area contributed by atoms with Crippen molar-refractivity contribution in [1.82, 2.24) is 29.7 Å². The number of carbonyl (C=O) groups excluding carboxylic acids is 2. The lowest BCUT2D eigenvalue weighted by molar-refractivity contribution is 0.0185. The average Bonchev–Trinajstić information content (AvgIpc) is 3.49. The molecular formula is C41H46N6O4S. The summed E-state index contributed by atoms with van der Waals surface area (Å²) >= 11 is 1.79. The zero-order chi connectivity index (χ0) is 36.4. The highest BCUT2D eigenvalue weighted by molar-refractivity contribution is 8.08. The van der Waals surface area contributed by atoms with Crippen molar-refractivity contribution in [2.24, 2.45) is 0 Å². The first-order valence-electron chi connectivity index (χ1n) is 18.2. The molecule has 0 bridgehead atoms. The van der Waals surface area contributed by atoms with Crippen LogP contribution in [0, 0.1) is 0 Å². The molecule has 3 unspecified atom stereocenters. The molecule has 3 aliphatic rings. The average molecular weight is 719 g/mol. The number of aromatic nitrogens is 4. The molecule has 2 aromatic heterocycles. The van der Waals surface area contributed by atoms with E-state index in [1.54, 1.807) is 16.7 Å². The Morgan fingerprint density at radius 2 is 1.35 bits per heavy atom. The van der Waals surface area contributed by atoms with Crippen LogP contribution in [0.15, 0.2) is 72.9 Å². The van der Waals surface area contributed by atoms with E-state index in [2.05, 4.69) is 70.6 Å². The van der Waals surface area contributed by atoms with Gasteiger partial charge in [-0.1, -0.05) is 54.6 Å². The number of fused-ring (bicyclic) bond motifs is 2. The van der Waals surface area contributed by atoms with Gasteiger partial charge >= 0.3 is 12.2 Å². The molecule has 10 nitrogen and oxygen atoms in total.